The van der Waals surface area contributed by atoms with Gasteiger partial charge in [0, 0.05) is 0 Å². The highest BCUT2D eigenvalue weighted by Crippen LogP contribution is 2.56. The molecule has 2 N–H and O–H groups in total. The molecule has 0 bridgehead atoms. The van der Waals surface area contributed by atoms with E-state index in [-0.39, 0.29) is 5.41 Å². The minimum absolute atomic E-state index is 0.351. The zero-order chi connectivity index (χ0) is 19.2. The maximum absolute atomic E-state index is 6.40. The van der Waals surface area contributed by atoms with Gasteiger partial charge in [0.25, 0.3) is 0 Å². The Bertz CT molecular complexity index is 1080. The number of fused-ring (bicyclic) bond motifs is 3. The monoisotopic (exact) mass is 361 g/mol. The van der Waals surface area contributed by atoms with E-state index < -0.39 is 5.54 Å². The number of nitrogens with two attached hydrogens (primary N) is 1. The molecule has 28 heavy (non-hydrogen) atoms. The molecule has 5 rings (SSSR count). The fraction of sp³-hybridized carbons (Fsp3) is 0.111. The molecular weight excluding hydrogens is 338 g/mol. The summed E-state index contributed by atoms with van der Waals surface area (Å²) in [6, 6.07) is 28.4. The molecule has 3 aromatic carbocycles. The summed E-state index contributed by atoms with van der Waals surface area (Å²) in [4.78, 5) is 0. The van der Waals surface area contributed by atoms with Gasteiger partial charge >= 0.3 is 0 Å². The number of rotatable bonds is 2. The number of benzene rings is 3. The van der Waals surface area contributed by atoms with Gasteiger partial charge in [0.2, 0.25) is 0 Å². The van der Waals surface area contributed by atoms with Crippen molar-refractivity contribution in [3.63, 3.8) is 0 Å². The Kier molecular flexibility index (Phi) is 3.75. The largest absolute Gasteiger partial charge is 0.319 e. The lowest BCUT2D eigenvalue weighted by molar-refractivity contribution is 0.730. The van der Waals surface area contributed by atoms with Crippen LogP contribution in [0.3, 0.4) is 0 Å². The third-order valence-corrected chi connectivity index (χ3v) is 5.95. The summed E-state index contributed by atoms with van der Waals surface area (Å²) in [6.07, 6.45) is 10.7. The Hall–Kier alpha value is -3.16. The molecule has 0 spiro atoms. The predicted octanol–water partition coefficient (Wildman–Crippen LogP) is 5.77. The summed E-state index contributed by atoms with van der Waals surface area (Å²) in [5, 5.41) is 0. The normalized spacial score (nSPS) is 21.6. The zero-order valence-electron chi connectivity index (χ0n) is 16.0. The summed E-state index contributed by atoms with van der Waals surface area (Å²) in [5.41, 5.74) is 13.4. The van der Waals surface area contributed by atoms with E-state index in [0.29, 0.717) is 0 Å². The summed E-state index contributed by atoms with van der Waals surface area (Å²) in [7, 11) is 0. The molecule has 0 aromatic heterocycles. The second-order valence-electron chi connectivity index (χ2n) is 7.89. The van der Waals surface area contributed by atoms with Crippen molar-refractivity contribution in [3.8, 4) is 11.1 Å². The van der Waals surface area contributed by atoms with Gasteiger partial charge < -0.3 is 5.73 Å². The Morgan fingerprint density at radius 3 is 1.89 bits per heavy atom. The van der Waals surface area contributed by atoms with E-state index in [4.69, 9.17) is 5.73 Å². The molecule has 0 fully saturated rings. The first-order valence-electron chi connectivity index (χ1n) is 9.76. The van der Waals surface area contributed by atoms with Gasteiger partial charge in [0.1, 0.15) is 0 Å². The summed E-state index contributed by atoms with van der Waals surface area (Å²) in [6.45, 7) is 2.03. The number of hydrogen-bond acceptors (Lipinski definition) is 1. The lowest BCUT2D eigenvalue weighted by Crippen LogP contribution is -2.31. The van der Waals surface area contributed by atoms with Gasteiger partial charge in [-0.1, -0.05) is 109 Å². The molecule has 3 aromatic rings. The van der Waals surface area contributed by atoms with Crippen LogP contribution in [-0.2, 0) is 5.41 Å². The smallest absolute Gasteiger partial charge is 0.0713 e. The lowest BCUT2D eigenvalue weighted by atomic mass is 9.67. The van der Waals surface area contributed by atoms with Crippen LogP contribution in [-0.4, -0.2) is 5.54 Å². The lowest BCUT2D eigenvalue weighted by Gasteiger charge is -2.34. The van der Waals surface area contributed by atoms with Crippen molar-refractivity contribution in [3.05, 3.63) is 132 Å². The minimum Gasteiger partial charge on any atom is -0.319 e. The van der Waals surface area contributed by atoms with Crippen LogP contribution in [0.25, 0.3) is 11.1 Å². The van der Waals surface area contributed by atoms with E-state index in [1.807, 2.05) is 6.92 Å². The third-order valence-electron chi connectivity index (χ3n) is 5.95. The Balaban J connectivity index is 1.91. The minimum atomic E-state index is -0.451. The zero-order valence-corrected chi connectivity index (χ0v) is 16.0. The third kappa shape index (κ3) is 2.37. The van der Waals surface area contributed by atoms with Gasteiger partial charge in [-0.2, -0.15) is 0 Å². The summed E-state index contributed by atoms with van der Waals surface area (Å²) in [5.74, 6) is 0. The highest BCUT2D eigenvalue weighted by Gasteiger charge is 2.46. The molecule has 0 aliphatic heterocycles. The van der Waals surface area contributed by atoms with Crippen molar-refractivity contribution in [2.24, 2.45) is 5.73 Å². The molecule has 0 saturated carbocycles. The molecule has 2 aliphatic carbocycles. The van der Waals surface area contributed by atoms with Gasteiger partial charge in [0.15, 0.2) is 0 Å². The van der Waals surface area contributed by atoms with Crippen molar-refractivity contribution in [2.75, 3.05) is 0 Å². The van der Waals surface area contributed by atoms with Crippen LogP contribution in [0.4, 0.5) is 0 Å². The first kappa shape index (κ1) is 17.0. The second-order valence-corrected chi connectivity index (χ2v) is 7.89. The van der Waals surface area contributed by atoms with Crippen molar-refractivity contribution in [1.82, 2.24) is 0 Å². The van der Waals surface area contributed by atoms with Gasteiger partial charge in [-0.3, -0.25) is 0 Å². The van der Waals surface area contributed by atoms with E-state index in [0.717, 1.165) is 0 Å². The molecule has 0 amide bonds. The molecule has 1 unspecified atom stereocenters. The first-order valence-corrected chi connectivity index (χ1v) is 9.76. The van der Waals surface area contributed by atoms with Crippen LogP contribution in [0.5, 0.6) is 0 Å². The van der Waals surface area contributed by atoms with Crippen LogP contribution in [0, 0.1) is 0 Å². The van der Waals surface area contributed by atoms with E-state index >= 15 is 0 Å². The second kappa shape index (κ2) is 6.19. The SMILES string of the molecule is CC1(N)C=CC=C(C2(c3ccccc3)c3ccccc3-c3ccccc32)C=C1. The van der Waals surface area contributed by atoms with Crippen molar-refractivity contribution in [1.29, 1.82) is 0 Å². The van der Waals surface area contributed by atoms with E-state index in [9.17, 15) is 0 Å². The predicted molar refractivity (Wildman–Crippen MR) is 117 cm³/mol. The van der Waals surface area contributed by atoms with Crippen LogP contribution in [0.2, 0.25) is 0 Å². The topological polar surface area (TPSA) is 26.0 Å². The Morgan fingerprint density at radius 2 is 1.25 bits per heavy atom. The molecule has 1 nitrogen and oxygen atoms in total. The molecule has 0 radical (unpaired) electrons. The first-order chi connectivity index (χ1) is 13.6. The van der Waals surface area contributed by atoms with Crippen molar-refractivity contribution in [2.45, 2.75) is 17.9 Å². The van der Waals surface area contributed by atoms with Crippen LogP contribution < -0.4 is 5.73 Å². The molecule has 0 saturated heterocycles. The molecule has 1 heteroatoms. The maximum Gasteiger partial charge on any atom is 0.0713 e. The molecule has 0 heterocycles. The van der Waals surface area contributed by atoms with Gasteiger partial charge in [-0.05, 0) is 40.3 Å². The quantitative estimate of drug-likeness (QED) is 0.616. The summed E-state index contributed by atoms with van der Waals surface area (Å²) < 4.78 is 0. The highest BCUT2D eigenvalue weighted by molar-refractivity contribution is 5.86. The maximum atomic E-state index is 6.40. The average Bonchev–Trinajstić information content (AvgIpc) is 2.90. The van der Waals surface area contributed by atoms with E-state index in [1.54, 1.807) is 0 Å². The highest BCUT2D eigenvalue weighted by atomic mass is 14.7. The van der Waals surface area contributed by atoms with Crippen LogP contribution >= 0.6 is 0 Å². The summed E-state index contributed by atoms with van der Waals surface area (Å²) >= 11 is 0. The molecule has 2 aliphatic rings. The Labute approximate surface area is 166 Å². The molecule has 1 atom stereocenters. The fourth-order valence-electron chi connectivity index (χ4n) is 4.70. The van der Waals surface area contributed by atoms with Gasteiger partial charge in [0.05, 0.1) is 11.0 Å². The van der Waals surface area contributed by atoms with Crippen LogP contribution in [0.15, 0.2) is 115 Å². The fourth-order valence-corrected chi connectivity index (χ4v) is 4.70. The van der Waals surface area contributed by atoms with Gasteiger partial charge in [-0.15, -0.1) is 0 Å². The standard InChI is InChI=1S/C27H23N/c1-26(28)18-9-12-21(17-19-26)27(20-10-3-2-4-11-20)24-15-7-5-13-22(24)23-14-6-8-16-25(23)27/h2-19H,28H2,1H3. The van der Waals surface area contributed by atoms with Gasteiger partial charge in [-0.25, -0.2) is 0 Å². The van der Waals surface area contributed by atoms with Crippen LogP contribution in [0.1, 0.15) is 23.6 Å². The number of hydrogen-bond donors (Lipinski definition) is 1. The van der Waals surface area contributed by atoms with Crippen molar-refractivity contribution < 1.29 is 0 Å². The number of allylic oxidation sites excluding steroid dienone is 4. The average molecular weight is 361 g/mol. The van der Waals surface area contributed by atoms with E-state index in [1.165, 1.54) is 33.4 Å². The van der Waals surface area contributed by atoms with Crippen molar-refractivity contribution >= 4 is 0 Å². The molecule has 136 valence electrons. The Morgan fingerprint density at radius 1 is 0.679 bits per heavy atom. The molecular formula is C27H23N. The van der Waals surface area contributed by atoms with E-state index in [2.05, 4.69) is 109 Å².